The van der Waals surface area contributed by atoms with E-state index < -0.39 is 0 Å². The van der Waals surface area contributed by atoms with Gasteiger partial charge in [-0.2, -0.15) is 5.10 Å². The minimum Gasteiger partial charge on any atom is -0.508 e. The molecule has 0 heterocycles. The lowest BCUT2D eigenvalue weighted by Gasteiger charge is -2.06. The van der Waals surface area contributed by atoms with Crippen molar-refractivity contribution < 1.29 is 14.7 Å². The molecule has 0 saturated heterocycles. The number of anilines is 1. The highest BCUT2D eigenvalue weighted by Crippen LogP contribution is 2.20. The lowest BCUT2D eigenvalue weighted by Crippen LogP contribution is -2.20. The van der Waals surface area contributed by atoms with Crippen molar-refractivity contribution >= 4 is 35.3 Å². The molecule has 0 aromatic heterocycles. The molecule has 0 fully saturated rings. The van der Waals surface area contributed by atoms with Crippen LogP contribution in [0.4, 0.5) is 5.69 Å². The van der Waals surface area contributed by atoms with Gasteiger partial charge in [0.2, 0.25) is 11.8 Å². The zero-order chi connectivity index (χ0) is 18.2. The number of rotatable bonds is 6. The van der Waals surface area contributed by atoms with E-state index in [0.717, 1.165) is 11.1 Å². The van der Waals surface area contributed by atoms with Gasteiger partial charge in [0.15, 0.2) is 0 Å². The van der Waals surface area contributed by atoms with Gasteiger partial charge in [-0.25, -0.2) is 5.43 Å². The summed E-state index contributed by atoms with van der Waals surface area (Å²) >= 11 is 6.00. The van der Waals surface area contributed by atoms with Crippen LogP contribution >= 0.6 is 11.6 Å². The summed E-state index contributed by atoms with van der Waals surface area (Å²) < 4.78 is 0. The van der Waals surface area contributed by atoms with Gasteiger partial charge in [0.1, 0.15) is 5.75 Å². The summed E-state index contributed by atoms with van der Waals surface area (Å²) in [6, 6.07) is 11.6. The van der Waals surface area contributed by atoms with Crippen LogP contribution in [-0.2, 0) is 9.59 Å². The van der Waals surface area contributed by atoms with E-state index in [9.17, 15) is 9.59 Å². The van der Waals surface area contributed by atoms with Crippen LogP contribution in [-0.4, -0.2) is 23.1 Å². The molecule has 0 bridgehead atoms. The Labute approximate surface area is 150 Å². The Kier molecular flexibility index (Phi) is 6.54. The monoisotopic (exact) mass is 359 g/mol. The first-order valence-electron chi connectivity index (χ1n) is 7.61. The Morgan fingerprint density at radius 3 is 2.48 bits per heavy atom. The molecular formula is C18H18ClN3O3. The topological polar surface area (TPSA) is 90.8 Å². The van der Waals surface area contributed by atoms with Crippen LogP contribution in [0.2, 0.25) is 5.02 Å². The maximum atomic E-state index is 11.8. The predicted molar refractivity (Wildman–Crippen MR) is 97.9 cm³/mol. The molecule has 130 valence electrons. The molecule has 25 heavy (non-hydrogen) atoms. The molecule has 0 spiro atoms. The molecular weight excluding hydrogens is 342 g/mol. The van der Waals surface area contributed by atoms with Crippen LogP contribution in [0.1, 0.15) is 24.0 Å². The maximum Gasteiger partial charge on any atom is 0.240 e. The van der Waals surface area contributed by atoms with E-state index in [1.54, 1.807) is 24.3 Å². The van der Waals surface area contributed by atoms with Crippen LogP contribution in [0.15, 0.2) is 47.6 Å². The van der Waals surface area contributed by atoms with Gasteiger partial charge >= 0.3 is 0 Å². The van der Waals surface area contributed by atoms with Crippen LogP contribution in [0.3, 0.4) is 0 Å². The second-order valence-corrected chi connectivity index (χ2v) is 5.80. The second kappa shape index (κ2) is 8.84. The average molecular weight is 360 g/mol. The Morgan fingerprint density at radius 2 is 1.80 bits per heavy atom. The predicted octanol–water partition coefficient (Wildman–Crippen LogP) is 3.22. The van der Waals surface area contributed by atoms with Gasteiger partial charge in [-0.1, -0.05) is 17.7 Å². The summed E-state index contributed by atoms with van der Waals surface area (Å²) in [6.45, 7) is 1.87. The number of carbonyl (C=O) groups is 2. The smallest absolute Gasteiger partial charge is 0.240 e. The maximum absolute atomic E-state index is 11.8. The quantitative estimate of drug-likeness (QED) is 0.546. The molecule has 0 saturated carbocycles. The van der Waals surface area contributed by atoms with E-state index in [1.165, 1.54) is 18.3 Å². The summed E-state index contributed by atoms with van der Waals surface area (Å²) in [4.78, 5) is 23.5. The first-order valence-corrected chi connectivity index (χ1v) is 7.99. The highest BCUT2D eigenvalue weighted by atomic mass is 35.5. The Bertz CT molecular complexity index is 789. The highest BCUT2D eigenvalue weighted by Gasteiger charge is 2.07. The largest absolute Gasteiger partial charge is 0.508 e. The van der Waals surface area contributed by atoms with Crippen LogP contribution < -0.4 is 10.7 Å². The van der Waals surface area contributed by atoms with Gasteiger partial charge in [0, 0.05) is 23.6 Å². The normalized spacial score (nSPS) is 10.6. The van der Waals surface area contributed by atoms with Crippen molar-refractivity contribution in [1.29, 1.82) is 0 Å². The molecule has 0 aliphatic heterocycles. The van der Waals surface area contributed by atoms with Gasteiger partial charge in [-0.3, -0.25) is 9.59 Å². The fourth-order valence-electron chi connectivity index (χ4n) is 1.92. The second-order valence-electron chi connectivity index (χ2n) is 5.40. The van der Waals surface area contributed by atoms with Crippen molar-refractivity contribution in [3.63, 3.8) is 0 Å². The number of hydrogen-bond donors (Lipinski definition) is 3. The van der Waals surface area contributed by atoms with Gasteiger partial charge in [-0.15, -0.1) is 0 Å². The number of aromatic hydroxyl groups is 1. The molecule has 7 heteroatoms. The van der Waals surface area contributed by atoms with E-state index in [2.05, 4.69) is 15.8 Å². The molecule has 3 N–H and O–H groups in total. The van der Waals surface area contributed by atoms with E-state index in [0.29, 0.717) is 10.7 Å². The molecule has 6 nitrogen and oxygen atoms in total. The molecule has 0 unspecified atom stereocenters. The third-order valence-electron chi connectivity index (χ3n) is 3.33. The van der Waals surface area contributed by atoms with Crippen LogP contribution in [0.5, 0.6) is 5.75 Å². The summed E-state index contributed by atoms with van der Waals surface area (Å²) in [5, 5.41) is 16.2. The van der Waals surface area contributed by atoms with Crippen molar-refractivity contribution in [2.45, 2.75) is 19.8 Å². The van der Waals surface area contributed by atoms with E-state index in [1.807, 2.05) is 13.0 Å². The SMILES string of the molecule is Cc1ccc(NC(=O)CCC(=O)N/N=C/c2ccc(O)cc2)cc1Cl. The molecule has 2 aromatic rings. The summed E-state index contributed by atoms with van der Waals surface area (Å²) in [6.07, 6.45) is 1.50. The number of carbonyl (C=O) groups excluding carboxylic acids is 2. The molecule has 0 aliphatic carbocycles. The lowest BCUT2D eigenvalue weighted by molar-refractivity contribution is -0.124. The first kappa shape index (κ1) is 18.5. The number of hydrogen-bond acceptors (Lipinski definition) is 4. The van der Waals surface area contributed by atoms with Crippen molar-refractivity contribution in [2.24, 2.45) is 5.10 Å². The highest BCUT2D eigenvalue weighted by molar-refractivity contribution is 6.31. The van der Waals surface area contributed by atoms with Gasteiger partial charge < -0.3 is 10.4 Å². The van der Waals surface area contributed by atoms with Crippen LogP contribution in [0, 0.1) is 6.92 Å². The Balaban J connectivity index is 1.74. The fourth-order valence-corrected chi connectivity index (χ4v) is 2.10. The Hall–Kier alpha value is -2.86. The number of nitrogens with zero attached hydrogens (tertiary/aromatic N) is 1. The lowest BCUT2D eigenvalue weighted by atomic mass is 10.2. The summed E-state index contributed by atoms with van der Waals surface area (Å²) in [5.41, 5.74) is 4.59. The third-order valence-corrected chi connectivity index (χ3v) is 3.74. The van der Waals surface area contributed by atoms with E-state index >= 15 is 0 Å². The number of benzene rings is 2. The number of halogens is 1. The van der Waals surface area contributed by atoms with Gasteiger partial charge in [0.25, 0.3) is 0 Å². The van der Waals surface area contributed by atoms with Crippen molar-refractivity contribution in [3.05, 3.63) is 58.6 Å². The number of hydrazone groups is 1. The van der Waals surface area contributed by atoms with Gasteiger partial charge in [0.05, 0.1) is 6.21 Å². The zero-order valence-electron chi connectivity index (χ0n) is 13.6. The number of phenolic OH excluding ortho intramolecular Hbond substituents is 1. The zero-order valence-corrected chi connectivity index (χ0v) is 14.4. The number of aryl methyl sites for hydroxylation is 1. The minimum absolute atomic E-state index is 0.0122. The molecule has 2 aromatic carbocycles. The average Bonchev–Trinajstić information content (AvgIpc) is 2.58. The van der Waals surface area contributed by atoms with E-state index in [-0.39, 0.29) is 30.4 Å². The molecule has 0 aliphatic rings. The Morgan fingerprint density at radius 1 is 1.12 bits per heavy atom. The number of nitrogens with one attached hydrogen (secondary N) is 2. The number of phenols is 1. The first-order chi connectivity index (χ1) is 11.9. The van der Waals surface area contributed by atoms with Crippen molar-refractivity contribution in [3.8, 4) is 5.75 Å². The standard InChI is InChI=1S/C18H18ClN3O3/c1-12-2-5-14(10-16(12)19)21-17(24)8-9-18(25)22-20-11-13-3-6-15(23)7-4-13/h2-7,10-11,23H,8-9H2,1H3,(H,21,24)(H,22,25)/b20-11+. The van der Waals surface area contributed by atoms with Crippen molar-refractivity contribution in [2.75, 3.05) is 5.32 Å². The van der Waals surface area contributed by atoms with E-state index in [4.69, 9.17) is 16.7 Å². The van der Waals surface area contributed by atoms with Gasteiger partial charge in [-0.05, 0) is 54.4 Å². The number of amides is 2. The summed E-state index contributed by atoms with van der Waals surface area (Å²) in [5.74, 6) is -0.494. The van der Waals surface area contributed by atoms with Crippen LogP contribution in [0.25, 0.3) is 0 Å². The molecule has 0 radical (unpaired) electrons. The third kappa shape index (κ3) is 6.27. The summed E-state index contributed by atoms with van der Waals surface area (Å²) in [7, 11) is 0. The minimum atomic E-state index is -0.368. The molecule has 0 atom stereocenters. The molecule has 2 rings (SSSR count). The van der Waals surface area contributed by atoms with Crippen molar-refractivity contribution in [1.82, 2.24) is 5.43 Å². The fraction of sp³-hybridized carbons (Fsp3) is 0.167. The molecule has 2 amide bonds.